The van der Waals surface area contributed by atoms with Crippen LogP contribution in [0.3, 0.4) is 0 Å². The van der Waals surface area contributed by atoms with E-state index in [1.54, 1.807) is 12.1 Å². The molecule has 2 N–H and O–H groups in total. The molecule has 162 valence electrons. The first-order chi connectivity index (χ1) is 14.5. The monoisotopic (exact) mass is 411 g/mol. The van der Waals surface area contributed by atoms with Crippen molar-refractivity contribution in [3.63, 3.8) is 0 Å². The maximum absolute atomic E-state index is 12.4. The van der Waals surface area contributed by atoms with Crippen LogP contribution in [0.4, 0.5) is 0 Å². The average molecular weight is 412 g/mol. The lowest BCUT2D eigenvalue weighted by molar-refractivity contribution is -0.128. The summed E-state index contributed by atoms with van der Waals surface area (Å²) in [6.45, 7) is 0.633. The molecule has 30 heavy (non-hydrogen) atoms. The van der Waals surface area contributed by atoms with Gasteiger partial charge in [0.05, 0.1) is 17.7 Å². The van der Waals surface area contributed by atoms with Crippen LogP contribution < -0.4 is 0 Å². The van der Waals surface area contributed by atoms with Gasteiger partial charge in [0.2, 0.25) is 5.91 Å². The number of benzene rings is 1. The quantitative estimate of drug-likeness (QED) is 0.566. The third-order valence-electron chi connectivity index (χ3n) is 7.38. The van der Waals surface area contributed by atoms with E-state index in [0.717, 1.165) is 30.7 Å². The maximum atomic E-state index is 12.4. The van der Waals surface area contributed by atoms with Crippen LogP contribution in [0.1, 0.15) is 73.7 Å². The number of carboxylic acids is 1. The van der Waals surface area contributed by atoms with E-state index in [2.05, 4.69) is 12.2 Å². The van der Waals surface area contributed by atoms with Crippen molar-refractivity contribution in [2.45, 2.75) is 76.4 Å². The molecule has 1 amide bonds. The number of aliphatic hydroxyl groups excluding tert-OH is 1. The number of hydrogen-bond acceptors (Lipinski definition) is 3. The Bertz CT molecular complexity index is 792. The molecule has 2 atom stereocenters. The summed E-state index contributed by atoms with van der Waals surface area (Å²) >= 11 is 0. The average Bonchev–Trinajstić information content (AvgIpc) is 3.46. The van der Waals surface area contributed by atoms with Crippen molar-refractivity contribution in [3.05, 3.63) is 47.5 Å². The van der Waals surface area contributed by atoms with E-state index >= 15 is 0 Å². The molecule has 3 aliphatic rings. The molecule has 1 aromatic rings. The molecule has 1 aromatic carbocycles. The standard InChI is InChI=1S/C25H33NO4/c27-22(25(14-2-15-25)17-19-5-6-19)4-1-3-21-11-12-23(28)26(21)16-13-18-7-9-20(10-8-18)24(29)30/h1,3,7-10,19,21-22,27H,2,4-6,11-17H2,(H,29,30)/b3-1+/t21?,22-/m0/s1. The van der Waals surface area contributed by atoms with E-state index in [1.807, 2.05) is 17.0 Å². The fourth-order valence-corrected chi connectivity index (χ4v) is 5.13. The molecule has 1 heterocycles. The Balaban J connectivity index is 1.29. The molecule has 1 saturated heterocycles. The number of aromatic carboxylic acids is 1. The van der Waals surface area contributed by atoms with Crippen LogP contribution in [0.2, 0.25) is 0 Å². The van der Waals surface area contributed by atoms with Crippen LogP contribution in [0, 0.1) is 11.3 Å². The Kier molecular flexibility index (Phi) is 6.28. The van der Waals surface area contributed by atoms with Crippen molar-refractivity contribution in [3.8, 4) is 0 Å². The summed E-state index contributed by atoms with van der Waals surface area (Å²) in [5.74, 6) is 0.0949. The normalized spacial score (nSPS) is 24.2. The molecular weight excluding hydrogens is 378 g/mol. The molecule has 0 spiro atoms. The number of likely N-dealkylation sites (tertiary alicyclic amines) is 1. The van der Waals surface area contributed by atoms with Crippen LogP contribution in [0.25, 0.3) is 0 Å². The zero-order valence-corrected chi connectivity index (χ0v) is 17.6. The highest BCUT2D eigenvalue weighted by atomic mass is 16.4. The van der Waals surface area contributed by atoms with Gasteiger partial charge in [-0.1, -0.05) is 43.5 Å². The molecule has 3 fully saturated rings. The summed E-state index contributed by atoms with van der Waals surface area (Å²) in [5, 5.41) is 19.8. The van der Waals surface area contributed by atoms with Crippen LogP contribution in [0.15, 0.2) is 36.4 Å². The number of carboxylic acid groups (broad SMARTS) is 1. The van der Waals surface area contributed by atoms with Gasteiger partial charge >= 0.3 is 5.97 Å². The van der Waals surface area contributed by atoms with Gasteiger partial charge in [0.15, 0.2) is 0 Å². The molecule has 0 aromatic heterocycles. The van der Waals surface area contributed by atoms with Crippen molar-refractivity contribution in [1.29, 1.82) is 0 Å². The van der Waals surface area contributed by atoms with E-state index < -0.39 is 5.97 Å². The van der Waals surface area contributed by atoms with Crippen LogP contribution >= 0.6 is 0 Å². The molecule has 0 bridgehead atoms. The molecule has 4 rings (SSSR count). The smallest absolute Gasteiger partial charge is 0.335 e. The lowest BCUT2D eigenvalue weighted by Crippen LogP contribution is -2.41. The minimum absolute atomic E-state index is 0.101. The maximum Gasteiger partial charge on any atom is 0.335 e. The van der Waals surface area contributed by atoms with Gasteiger partial charge < -0.3 is 15.1 Å². The summed E-state index contributed by atoms with van der Waals surface area (Å²) in [5.41, 5.74) is 1.46. The topological polar surface area (TPSA) is 77.8 Å². The van der Waals surface area contributed by atoms with Gasteiger partial charge in [-0.05, 0) is 67.6 Å². The fourth-order valence-electron chi connectivity index (χ4n) is 5.13. The number of rotatable bonds is 10. The molecule has 1 aliphatic heterocycles. The summed E-state index contributed by atoms with van der Waals surface area (Å²) in [6, 6.07) is 6.97. The molecular formula is C25H33NO4. The van der Waals surface area contributed by atoms with Crippen LogP contribution in [0.5, 0.6) is 0 Å². The molecule has 0 radical (unpaired) electrons. The van der Waals surface area contributed by atoms with E-state index in [1.165, 1.54) is 25.7 Å². The first kappa shape index (κ1) is 21.1. The van der Waals surface area contributed by atoms with Crippen LogP contribution in [-0.4, -0.2) is 45.7 Å². The highest BCUT2D eigenvalue weighted by molar-refractivity contribution is 5.87. The Labute approximate surface area is 178 Å². The largest absolute Gasteiger partial charge is 0.478 e. The van der Waals surface area contributed by atoms with Crippen LogP contribution in [-0.2, 0) is 11.2 Å². The Morgan fingerprint density at radius 1 is 1.20 bits per heavy atom. The van der Waals surface area contributed by atoms with Crippen molar-refractivity contribution in [2.24, 2.45) is 11.3 Å². The van der Waals surface area contributed by atoms with Crippen molar-refractivity contribution in [1.82, 2.24) is 4.90 Å². The van der Waals surface area contributed by atoms with Gasteiger partial charge in [-0.3, -0.25) is 4.79 Å². The van der Waals surface area contributed by atoms with Crippen molar-refractivity contribution < 1.29 is 19.8 Å². The Morgan fingerprint density at radius 3 is 2.53 bits per heavy atom. The van der Waals surface area contributed by atoms with Gasteiger partial charge in [-0.2, -0.15) is 0 Å². The van der Waals surface area contributed by atoms with E-state index in [0.29, 0.717) is 25.8 Å². The third kappa shape index (κ3) is 4.77. The second kappa shape index (κ2) is 8.93. The molecule has 5 nitrogen and oxygen atoms in total. The number of carbonyl (C=O) groups is 2. The lowest BCUT2D eigenvalue weighted by atomic mass is 9.61. The fraction of sp³-hybridized carbons (Fsp3) is 0.600. The van der Waals surface area contributed by atoms with Gasteiger partial charge in [0, 0.05) is 13.0 Å². The zero-order chi connectivity index (χ0) is 21.1. The number of nitrogens with zero attached hydrogens (tertiary/aromatic N) is 1. The second-order valence-corrected chi connectivity index (χ2v) is 9.49. The molecule has 1 unspecified atom stereocenters. The summed E-state index contributed by atoms with van der Waals surface area (Å²) < 4.78 is 0. The number of aliphatic hydroxyl groups is 1. The summed E-state index contributed by atoms with van der Waals surface area (Å²) in [4.78, 5) is 25.3. The number of carbonyl (C=O) groups excluding carboxylic acids is 1. The van der Waals surface area contributed by atoms with Gasteiger partial charge in [-0.25, -0.2) is 4.79 Å². The molecule has 2 aliphatic carbocycles. The third-order valence-corrected chi connectivity index (χ3v) is 7.38. The lowest BCUT2D eigenvalue weighted by Gasteiger charge is -2.46. The number of amides is 1. The minimum atomic E-state index is -0.926. The summed E-state index contributed by atoms with van der Waals surface area (Å²) in [6.07, 6.45) is 14.2. The first-order valence-corrected chi connectivity index (χ1v) is 11.4. The van der Waals surface area contributed by atoms with E-state index in [9.17, 15) is 14.7 Å². The zero-order valence-electron chi connectivity index (χ0n) is 17.6. The van der Waals surface area contributed by atoms with Gasteiger partial charge in [0.1, 0.15) is 0 Å². The van der Waals surface area contributed by atoms with Crippen molar-refractivity contribution >= 4 is 11.9 Å². The highest BCUT2D eigenvalue weighted by Gasteiger charge is 2.46. The Hall–Kier alpha value is -2.14. The number of hydrogen-bond donors (Lipinski definition) is 2. The predicted molar refractivity (Wildman–Crippen MR) is 115 cm³/mol. The van der Waals surface area contributed by atoms with Gasteiger partial charge in [0.25, 0.3) is 0 Å². The predicted octanol–water partition coefficient (Wildman–Crippen LogP) is 4.20. The first-order valence-electron chi connectivity index (χ1n) is 11.4. The van der Waals surface area contributed by atoms with E-state index in [4.69, 9.17) is 5.11 Å². The minimum Gasteiger partial charge on any atom is -0.478 e. The SMILES string of the molecule is O=C(O)c1ccc(CCN2C(=O)CCC2/C=C/C[C@H](O)C2(CC3CC3)CCC2)cc1. The van der Waals surface area contributed by atoms with Gasteiger partial charge in [-0.15, -0.1) is 0 Å². The molecule has 2 saturated carbocycles. The second-order valence-electron chi connectivity index (χ2n) is 9.49. The van der Waals surface area contributed by atoms with Crippen molar-refractivity contribution in [2.75, 3.05) is 6.54 Å². The highest BCUT2D eigenvalue weighted by Crippen LogP contribution is 2.53. The summed E-state index contributed by atoms with van der Waals surface area (Å²) in [7, 11) is 0. The molecule has 5 heteroatoms. The Morgan fingerprint density at radius 2 is 1.93 bits per heavy atom. The van der Waals surface area contributed by atoms with E-state index in [-0.39, 0.29) is 29.0 Å².